The SMILES string of the molecule is Cn1ncc2c(NC3CCCOC3)c(C(=O)O)cnc21. The fraction of sp³-hybridized carbons (Fsp3) is 0.462. The second-order valence-corrected chi connectivity index (χ2v) is 4.92. The number of nitrogens with one attached hydrogen (secondary N) is 1. The number of hydrogen-bond acceptors (Lipinski definition) is 5. The molecule has 20 heavy (non-hydrogen) atoms. The molecule has 7 heteroatoms. The lowest BCUT2D eigenvalue weighted by atomic mass is 10.1. The van der Waals surface area contributed by atoms with Gasteiger partial charge in [0, 0.05) is 25.9 Å². The molecule has 3 rings (SSSR count). The van der Waals surface area contributed by atoms with Crippen molar-refractivity contribution in [2.45, 2.75) is 18.9 Å². The van der Waals surface area contributed by atoms with Gasteiger partial charge in [-0.15, -0.1) is 0 Å². The fourth-order valence-corrected chi connectivity index (χ4v) is 2.47. The lowest BCUT2D eigenvalue weighted by molar-refractivity contribution is 0.0696. The Morgan fingerprint density at radius 3 is 3.10 bits per heavy atom. The smallest absolute Gasteiger partial charge is 0.339 e. The van der Waals surface area contributed by atoms with Gasteiger partial charge in [0.05, 0.1) is 23.9 Å². The molecule has 2 aromatic rings. The van der Waals surface area contributed by atoms with E-state index in [2.05, 4.69) is 15.4 Å². The van der Waals surface area contributed by atoms with Crippen LogP contribution < -0.4 is 5.32 Å². The summed E-state index contributed by atoms with van der Waals surface area (Å²) in [7, 11) is 1.78. The van der Waals surface area contributed by atoms with Crippen molar-refractivity contribution in [1.82, 2.24) is 14.8 Å². The standard InChI is InChI=1S/C13H16N4O3/c1-17-12-9(6-15-17)11(10(5-14-12)13(18)19)16-8-3-2-4-20-7-8/h5-6,8H,2-4,7H2,1H3,(H,14,16)(H,18,19). The van der Waals surface area contributed by atoms with Crippen LogP contribution in [0.2, 0.25) is 0 Å². The van der Waals surface area contributed by atoms with E-state index in [4.69, 9.17) is 4.74 Å². The molecule has 0 amide bonds. The predicted molar refractivity (Wildman–Crippen MR) is 72.9 cm³/mol. The molecule has 1 aliphatic rings. The van der Waals surface area contributed by atoms with Gasteiger partial charge in [-0.1, -0.05) is 0 Å². The molecule has 3 heterocycles. The Balaban J connectivity index is 2.04. The number of rotatable bonds is 3. The van der Waals surface area contributed by atoms with Gasteiger partial charge in [0.1, 0.15) is 5.56 Å². The number of anilines is 1. The van der Waals surface area contributed by atoms with Gasteiger partial charge < -0.3 is 15.2 Å². The van der Waals surface area contributed by atoms with Crippen molar-refractivity contribution < 1.29 is 14.6 Å². The van der Waals surface area contributed by atoms with Gasteiger partial charge in [0.15, 0.2) is 5.65 Å². The molecule has 1 aliphatic heterocycles. The number of carboxylic acid groups (broad SMARTS) is 1. The molecule has 0 saturated carbocycles. The second kappa shape index (κ2) is 5.09. The van der Waals surface area contributed by atoms with E-state index in [0.29, 0.717) is 17.9 Å². The van der Waals surface area contributed by atoms with E-state index in [1.54, 1.807) is 17.9 Å². The third-order valence-corrected chi connectivity index (χ3v) is 3.50. The maximum Gasteiger partial charge on any atom is 0.339 e. The monoisotopic (exact) mass is 276 g/mol. The van der Waals surface area contributed by atoms with Gasteiger partial charge in [-0.3, -0.25) is 4.68 Å². The van der Waals surface area contributed by atoms with Crippen LogP contribution in [0.1, 0.15) is 23.2 Å². The van der Waals surface area contributed by atoms with Crippen LogP contribution in [-0.4, -0.2) is 45.1 Å². The van der Waals surface area contributed by atoms with Crippen molar-refractivity contribution in [3.05, 3.63) is 18.0 Å². The number of aromatic carboxylic acids is 1. The van der Waals surface area contributed by atoms with Gasteiger partial charge in [-0.25, -0.2) is 9.78 Å². The van der Waals surface area contributed by atoms with Crippen LogP contribution in [0.3, 0.4) is 0 Å². The molecule has 0 aromatic carbocycles. The number of hydrogen-bond donors (Lipinski definition) is 2. The van der Waals surface area contributed by atoms with Gasteiger partial charge in [0.25, 0.3) is 0 Å². The summed E-state index contributed by atoms with van der Waals surface area (Å²) in [5.41, 5.74) is 1.40. The number of aryl methyl sites for hydroxylation is 1. The van der Waals surface area contributed by atoms with Crippen molar-refractivity contribution in [3.8, 4) is 0 Å². The van der Waals surface area contributed by atoms with Gasteiger partial charge in [-0.2, -0.15) is 5.10 Å². The predicted octanol–water partition coefficient (Wildman–Crippen LogP) is 1.26. The van der Waals surface area contributed by atoms with Crippen molar-refractivity contribution in [2.24, 2.45) is 7.05 Å². The molecule has 7 nitrogen and oxygen atoms in total. The highest BCUT2D eigenvalue weighted by molar-refractivity contribution is 6.03. The number of carbonyl (C=O) groups is 1. The molecule has 2 aromatic heterocycles. The first-order chi connectivity index (χ1) is 9.66. The number of carboxylic acids is 1. The maximum atomic E-state index is 11.4. The third-order valence-electron chi connectivity index (χ3n) is 3.50. The average molecular weight is 276 g/mol. The van der Waals surface area contributed by atoms with E-state index < -0.39 is 5.97 Å². The molecule has 0 spiro atoms. The van der Waals surface area contributed by atoms with Gasteiger partial charge >= 0.3 is 5.97 Å². The number of pyridine rings is 1. The summed E-state index contributed by atoms with van der Waals surface area (Å²) < 4.78 is 7.05. The number of aromatic nitrogens is 3. The topological polar surface area (TPSA) is 89.3 Å². The highest BCUT2D eigenvalue weighted by atomic mass is 16.5. The first kappa shape index (κ1) is 12.9. The minimum Gasteiger partial charge on any atom is -0.478 e. The van der Waals surface area contributed by atoms with E-state index in [1.165, 1.54) is 6.20 Å². The molecule has 1 fully saturated rings. The Hall–Kier alpha value is -2.15. The molecule has 1 saturated heterocycles. The Kier molecular flexibility index (Phi) is 3.27. The quantitative estimate of drug-likeness (QED) is 0.877. The maximum absolute atomic E-state index is 11.4. The molecular weight excluding hydrogens is 260 g/mol. The van der Waals surface area contributed by atoms with Crippen molar-refractivity contribution >= 4 is 22.7 Å². The summed E-state index contributed by atoms with van der Waals surface area (Å²) in [6.07, 6.45) is 4.95. The molecular formula is C13H16N4O3. The van der Waals surface area contributed by atoms with Crippen LogP contribution in [0.15, 0.2) is 12.4 Å². The summed E-state index contributed by atoms with van der Waals surface area (Å²) in [4.78, 5) is 15.5. The number of fused-ring (bicyclic) bond motifs is 1. The number of ether oxygens (including phenoxy) is 1. The van der Waals surface area contributed by atoms with Crippen LogP contribution in [-0.2, 0) is 11.8 Å². The summed E-state index contributed by atoms with van der Waals surface area (Å²) >= 11 is 0. The minimum absolute atomic E-state index is 0.118. The van der Waals surface area contributed by atoms with Crippen molar-refractivity contribution in [3.63, 3.8) is 0 Å². The van der Waals surface area contributed by atoms with Gasteiger partial charge in [0.2, 0.25) is 0 Å². The molecule has 1 atom stereocenters. The van der Waals surface area contributed by atoms with E-state index in [1.807, 2.05) is 0 Å². The Bertz CT molecular complexity index is 646. The second-order valence-electron chi connectivity index (χ2n) is 4.92. The molecule has 2 N–H and O–H groups in total. The highest BCUT2D eigenvalue weighted by Gasteiger charge is 2.21. The highest BCUT2D eigenvalue weighted by Crippen LogP contribution is 2.27. The number of nitrogens with zero attached hydrogens (tertiary/aromatic N) is 3. The zero-order valence-electron chi connectivity index (χ0n) is 11.2. The van der Waals surface area contributed by atoms with E-state index in [0.717, 1.165) is 24.8 Å². The third kappa shape index (κ3) is 2.20. The first-order valence-electron chi connectivity index (χ1n) is 6.55. The van der Waals surface area contributed by atoms with E-state index >= 15 is 0 Å². The Morgan fingerprint density at radius 2 is 2.40 bits per heavy atom. The lowest BCUT2D eigenvalue weighted by Crippen LogP contribution is -2.30. The summed E-state index contributed by atoms with van der Waals surface area (Å²) in [6.45, 7) is 1.35. The van der Waals surface area contributed by atoms with Crippen molar-refractivity contribution in [1.29, 1.82) is 0 Å². The average Bonchev–Trinajstić information content (AvgIpc) is 2.82. The minimum atomic E-state index is -0.998. The lowest BCUT2D eigenvalue weighted by Gasteiger charge is -2.25. The van der Waals surface area contributed by atoms with Crippen LogP contribution in [0, 0.1) is 0 Å². The molecule has 0 aliphatic carbocycles. The molecule has 0 radical (unpaired) electrons. The largest absolute Gasteiger partial charge is 0.478 e. The summed E-state index contributed by atoms with van der Waals surface area (Å²) in [5, 5.41) is 17.5. The molecule has 1 unspecified atom stereocenters. The Labute approximate surface area is 115 Å². The van der Waals surface area contributed by atoms with Crippen molar-refractivity contribution in [2.75, 3.05) is 18.5 Å². The van der Waals surface area contributed by atoms with E-state index in [9.17, 15) is 9.90 Å². The normalized spacial score (nSPS) is 19.1. The zero-order chi connectivity index (χ0) is 14.1. The first-order valence-corrected chi connectivity index (χ1v) is 6.55. The molecule has 0 bridgehead atoms. The van der Waals surface area contributed by atoms with Crippen LogP contribution in [0.25, 0.3) is 11.0 Å². The zero-order valence-corrected chi connectivity index (χ0v) is 11.2. The van der Waals surface area contributed by atoms with E-state index in [-0.39, 0.29) is 11.6 Å². The Morgan fingerprint density at radius 1 is 1.55 bits per heavy atom. The van der Waals surface area contributed by atoms with Crippen LogP contribution >= 0.6 is 0 Å². The molecule has 106 valence electrons. The summed E-state index contributed by atoms with van der Waals surface area (Å²) in [6, 6.07) is 0.118. The fourth-order valence-electron chi connectivity index (χ4n) is 2.47. The van der Waals surface area contributed by atoms with Crippen LogP contribution in [0.5, 0.6) is 0 Å². The summed E-state index contributed by atoms with van der Waals surface area (Å²) in [5.74, 6) is -0.998. The van der Waals surface area contributed by atoms with Gasteiger partial charge in [-0.05, 0) is 12.8 Å². The van der Waals surface area contributed by atoms with Crippen LogP contribution in [0.4, 0.5) is 5.69 Å².